The molecule has 24 heavy (non-hydrogen) atoms. The van der Waals surface area contributed by atoms with Gasteiger partial charge in [-0.1, -0.05) is 36.4 Å². The van der Waals surface area contributed by atoms with Crippen LogP contribution in [0.3, 0.4) is 0 Å². The third-order valence-electron chi connectivity index (χ3n) is 3.65. The fourth-order valence-electron chi connectivity index (χ4n) is 2.56. The van der Waals surface area contributed by atoms with Gasteiger partial charge in [-0.05, 0) is 30.3 Å². The van der Waals surface area contributed by atoms with Crippen LogP contribution in [0, 0.1) is 0 Å². The SMILES string of the molecule is O=C(COc1ccccc1)N(c1ccccc1)[C@@H]1C=CS(=O)(=O)C1. The van der Waals surface area contributed by atoms with Gasteiger partial charge in [-0.3, -0.25) is 4.79 Å². The summed E-state index contributed by atoms with van der Waals surface area (Å²) in [6, 6.07) is 17.5. The summed E-state index contributed by atoms with van der Waals surface area (Å²) in [4.78, 5) is 14.2. The van der Waals surface area contributed by atoms with Crippen LogP contribution in [0.2, 0.25) is 0 Å². The highest BCUT2D eigenvalue weighted by atomic mass is 32.2. The van der Waals surface area contributed by atoms with Crippen LogP contribution in [0.4, 0.5) is 5.69 Å². The maximum absolute atomic E-state index is 12.7. The van der Waals surface area contributed by atoms with Gasteiger partial charge in [0.05, 0.1) is 11.8 Å². The summed E-state index contributed by atoms with van der Waals surface area (Å²) < 4.78 is 29.0. The lowest BCUT2D eigenvalue weighted by Gasteiger charge is -2.27. The normalized spacial score (nSPS) is 18.2. The first-order valence-corrected chi connectivity index (χ1v) is 9.23. The molecule has 1 aliphatic heterocycles. The molecule has 2 aromatic carbocycles. The maximum Gasteiger partial charge on any atom is 0.265 e. The highest BCUT2D eigenvalue weighted by molar-refractivity contribution is 7.94. The number of ether oxygens (including phenoxy) is 1. The van der Waals surface area contributed by atoms with Crippen LogP contribution in [0.5, 0.6) is 5.75 Å². The van der Waals surface area contributed by atoms with Crippen LogP contribution in [-0.2, 0) is 14.6 Å². The number of amides is 1. The molecule has 1 amide bonds. The molecule has 0 unspecified atom stereocenters. The van der Waals surface area contributed by atoms with Gasteiger partial charge in [0.25, 0.3) is 5.91 Å². The first-order chi connectivity index (χ1) is 11.6. The fourth-order valence-corrected chi connectivity index (χ4v) is 3.83. The van der Waals surface area contributed by atoms with E-state index in [0.29, 0.717) is 11.4 Å². The van der Waals surface area contributed by atoms with Gasteiger partial charge in [0.15, 0.2) is 16.4 Å². The number of rotatable bonds is 5. The van der Waals surface area contributed by atoms with E-state index in [0.717, 1.165) is 0 Å². The van der Waals surface area contributed by atoms with Crippen LogP contribution in [0.15, 0.2) is 72.1 Å². The average molecular weight is 343 g/mol. The number of para-hydroxylation sites is 2. The Morgan fingerprint density at radius 3 is 2.25 bits per heavy atom. The van der Waals surface area contributed by atoms with Crippen LogP contribution in [-0.4, -0.2) is 32.7 Å². The van der Waals surface area contributed by atoms with Gasteiger partial charge in [-0.2, -0.15) is 0 Å². The minimum absolute atomic E-state index is 0.112. The third-order valence-corrected chi connectivity index (χ3v) is 5.03. The highest BCUT2D eigenvalue weighted by Gasteiger charge is 2.31. The molecular formula is C18H17NO4S. The van der Waals surface area contributed by atoms with Gasteiger partial charge in [0.2, 0.25) is 0 Å². The number of hydrogen-bond acceptors (Lipinski definition) is 4. The van der Waals surface area contributed by atoms with Crippen LogP contribution < -0.4 is 9.64 Å². The summed E-state index contributed by atoms with van der Waals surface area (Å²) in [5.41, 5.74) is 0.644. The van der Waals surface area contributed by atoms with Gasteiger partial charge < -0.3 is 9.64 Å². The van der Waals surface area contributed by atoms with Crippen molar-refractivity contribution in [2.45, 2.75) is 6.04 Å². The van der Waals surface area contributed by atoms with Crippen molar-refractivity contribution in [2.24, 2.45) is 0 Å². The lowest BCUT2D eigenvalue weighted by molar-refractivity contribution is -0.120. The summed E-state index contributed by atoms with van der Waals surface area (Å²) in [5, 5.41) is 1.17. The molecule has 0 spiro atoms. The van der Waals surface area contributed by atoms with E-state index in [9.17, 15) is 13.2 Å². The molecule has 0 radical (unpaired) electrons. The zero-order valence-electron chi connectivity index (χ0n) is 12.9. The minimum Gasteiger partial charge on any atom is -0.484 e. The molecule has 1 heterocycles. The first kappa shape index (κ1) is 16.3. The lowest BCUT2D eigenvalue weighted by atomic mass is 10.2. The molecule has 1 atom stereocenters. The van der Waals surface area contributed by atoms with Gasteiger partial charge in [-0.15, -0.1) is 0 Å². The molecule has 6 heteroatoms. The van der Waals surface area contributed by atoms with E-state index < -0.39 is 15.9 Å². The summed E-state index contributed by atoms with van der Waals surface area (Å²) in [6.07, 6.45) is 1.54. The van der Waals surface area contributed by atoms with Crippen molar-refractivity contribution in [3.8, 4) is 5.75 Å². The smallest absolute Gasteiger partial charge is 0.265 e. The van der Waals surface area contributed by atoms with E-state index in [4.69, 9.17) is 4.74 Å². The van der Waals surface area contributed by atoms with Gasteiger partial charge in [-0.25, -0.2) is 8.42 Å². The van der Waals surface area contributed by atoms with Crippen molar-refractivity contribution in [1.82, 2.24) is 0 Å². The number of anilines is 1. The third kappa shape index (κ3) is 3.83. The van der Waals surface area contributed by atoms with Crippen LogP contribution in [0.1, 0.15) is 0 Å². The quantitative estimate of drug-likeness (QED) is 0.836. The topological polar surface area (TPSA) is 63.7 Å². The zero-order chi connectivity index (χ0) is 17.0. The Morgan fingerprint density at radius 1 is 1.04 bits per heavy atom. The molecule has 3 rings (SSSR count). The summed E-state index contributed by atoms with van der Waals surface area (Å²) in [7, 11) is -3.26. The predicted molar refractivity (Wildman–Crippen MR) is 92.6 cm³/mol. The van der Waals surface area contributed by atoms with Crippen LogP contribution >= 0.6 is 0 Å². The number of sulfone groups is 1. The van der Waals surface area contributed by atoms with E-state index >= 15 is 0 Å². The molecule has 0 saturated carbocycles. The Hall–Kier alpha value is -2.60. The summed E-state index contributed by atoms with van der Waals surface area (Å²) in [5.74, 6) is 0.184. The molecular weight excluding hydrogens is 326 g/mol. The number of nitrogens with zero attached hydrogens (tertiary/aromatic N) is 1. The second kappa shape index (κ2) is 6.88. The molecule has 5 nitrogen and oxygen atoms in total. The molecule has 2 aromatic rings. The first-order valence-electron chi connectivity index (χ1n) is 7.51. The molecule has 1 aliphatic rings. The summed E-state index contributed by atoms with van der Waals surface area (Å²) >= 11 is 0. The monoisotopic (exact) mass is 343 g/mol. The predicted octanol–water partition coefficient (Wildman–Crippen LogP) is 2.41. The van der Waals surface area contributed by atoms with E-state index in [1.165, 1.54) is 10.3 Å². The van der Waals surface area contributed by atoms with E-state index in [1.54, 1.807) is 42.5 Å². The minimum atomic E-state index is -3.26. The molecule has 0 bridgehead atoms. The van der Waals surface area contributed by atoms with Crippen molar-refractivity contribution in [1.29, 1.82) is 0 Å². The largest absolute Gasteiger partial charge is 0.484 e. The van der Waals surface area contributed by atoms with Crippen molar-refractivity contribution in [3.05, 3.63) is 72.1 Å². The molecule has 0 aromatic heterocycles. The van der Waals surface area contributed by atoms with Gasteiger partial charge >= 0.3 is 0 Å². The molecule has 0 fully saturated rings. The zero-order valence-corrected chi connectivity index (χ0v) is 13.7. The molecule has 124 valence electrons. The molecule has 0 saturated heterocycles. The number of benzene rings is 2. The number of carbonyl (C=O) groups is 1. The Balaban J connectivity index is 1.80. The van der Waals surface area contributed by atoms with Crippen molar-refractivity contribution in [2.75, 3.05) is 17.3 Å². The molecule has 0 aliphatic carbocycles. The maximum atomic E-state index is 12.7. The Bertz CT molecular complexity index is 832. The number of carbonyl (C=O) groups excluding carboxylic acids is 1. The second-order valence-corrected chi connectivity index (χ2v) is 7.36. The van der Waals surface area contributed by atoms with E-state index in [1.807, 2.05) is 24.3 Å². The van der Waals surface area contributed by atoms with Crippen molar-refractivity contribution < 1.29 is 17.9 Å². The Kier molecular flexibility index (Phi) is 4.66. The standard InChI is InChI=1S/C18H17NO4S/c20-18(13-23-17-9-5-2-6-10-17)19(15-7-3-1-4-8-15)16-11-12-24(21,22)14-16/h1-12,16H,13-14H2/t16-/m1/s1. The fraction of sp³-hybridized carbons (Fsp3) is 0.167. The second-order valence-electron chi connectivity index (χ2n) is 5.43. The van der Waals surface area contributed by atoms with Gasteiger partial charge in [0, 0.05) is 11.1 Å². The van der Waals surface area contributed by atoms with E-state index in [2.05, 4.69) is 0 Å². The Morgan fingerprint density at radius 2 is 1.67 bits per heavy atom. The number of hydrogen-bond donors (Lipinski definition) is 0. The Labute approximate surface area is 141 Å². The summed E-state index contributed by atoms with van der Waals surface area (Å²) in [6.45, 7) is -0.163. The van der Waals surface area contributed by atoms with Crippen LogP contribution in [0.25, 0.3) is 0 Å². The molecule has 0 N–H and O–H groups in total. The van der Waals surface area contributed by atoms with Crippen molar-refractivity contribution in [3.63, 3.8) is 0 Å². The van der Waals surface area contributed by atoms with Crippen molar-refractivity contribution >= 4 is 21.4 Å². The average Bonchev–Trinajstić information content (AvgIpc) is 2.95. The highest BCUT2D eigenvalue weighted by Crippen LogP contribution is 2.23. The van der Waals surface area contributed by atoms with Gasteiger partial charge in [0.1, 0.15) is 5.75 Å². The van der Waals surface area contributed by atoms with E-state index in [-0.39, 0.29) is 18.3 Å². The lowest BCUT2D eigenvalue weighted by Crippen LogP contribution is -2.43.